The fourth-order valence-electron chi connectivity index (χ4n) is 1.05. The van der Waals surface area contributed by atoms with Gasteiger partial charge in [0, 0.05) is 18.4 Å². The molecule has 0 aliphatic carbocycles. The van der Waals surface area contributed by atoms with E-state index >= 15 is 0 Å². The number of hydrogen-bond donors (Lipinski definition) is 0. The van der Waals surface area contributed by atoms with E-state index in [-0.39, 0.29) is 0 Å². The molecule has 5 nitrogen and oxygen atoms in total. The third-order valence-electron chi connectivity index (χ3n) is 1.83. The summed E-state index contributed by atoms with van der Waals surface area (Å²) >= 11 is 0. The predicted octanol–water partition coefficient (Wildman–Crippen LogP) is 0.408. The van der Waals surface area contributed by atoms with Gasteiger partial charge in [0.05, 0.1) is 19.4 Å². The van der Waals surface area contributed by atoms with Crippen molar-refractivity contribution >= 4 is 0 Å². The lowest BCUT2D eigenvalue weighted by atomic mass is 10.4. The first kappa shape index (κ1) is 10.1. The summed E-state index contributed by atoms with van der Waals surface area (Å²) in [6.07, 6.45) is 2.88. The van der Waals surface area contributed by atoms with Crippen molar-refractivity contribution in [1.82, 2.24) is 15.3 Å². The summed E-state index contributed by atoms with van der Waals surface area (Å²) in [7, 11) is 0. The van der Waals surface area contributed by atoms with Gasteiger partial charge in [0.15, 0.2) is 0 Å². The molecule has 0 N–H and O–H groups in total. The Labute approximate surface area is 77.6 Å². The highest BCUT2D eigenvalue weighted by Gasteiger charge is 2.05. The molecule has 1 aliphatic heterocycles. The quantitative estimate of drug-likeness (QED) is 0.634. The Bertz CT molecular complexity index is 168. The molecule has 0 spiro atoms. The van der Waals surface area contributed by atoms with E-state index in [2.05, 4.69) is 26.7 Å². The van der Waals surface area contributed by atoms with Crippen LogP contribution in [0.1, 0.15) is 6.92 Å². The van der Waals surface area contributed by atoms with E-state index in [1.807, 2.05) is 0 Å². The molecular formula is C8H15N3O2. The summed E-state index contributed by atoms with van der Waals surface area (Å²) in [6.45, 7) is 7.45. The molecule has 1 aromatic rings. The number of morpholine rings is 1. The minimum absolute atomic E-state index is 0.924. The number of hydrogen-bond acceptors (Lipinski definition) is 5. The third-order valence-corrected chi connectivity index (χ3v) is 1.83. The topological polar surface area (TPSA) is 51.4 Å². The molecule has 1 aliphatic rings. The van der Waals surface area contributed by atoms with E-state index in [0.29, 0.717) is 0 Å². The van der Waals surface area contributed by atoms with Crippen LogP contribution in [0, 0.1) is 0 Å². The van der Waals surface area contributed by atoms with Crippen molar-refractivity contribution in [3.05, 3.63) is 12.5 Å². The summed E-state index contributed by atoms with van der Waals surface area (Å²) in [4.78, 5) is 2.39. The summed E-state index contributed by atoms with van der Waals surface area (Å²) < 4.78 is 9.38. The second-order valence-electron chi connectivity index (χ2n) is 2.63. The predicted molar refractivity (Wildman–Crippen MR) is 47.2 cm³/mol. The lowest BCUT2D eigenvalue weighted by Gasteiger charge is -2.24. The molecule has 1 saturated heterocycles. The molecule has 0 atom stereocenters. The van der Waals surface area contributed by atoms with Gasteiger partial charge >= 0.3 is 0 Å². The van der Waals surface area contributed by atoms with Crippen LogP contribution < -0.4 is 0 Å². The zero-order chi connectivity index (χ0) is 9.36. The molecule has 1 fully saturated rings. The van der Waals surface area contributed by atoms with Gasteiger partial charge < -0.3 is 9.26 Å². The van der Waals surface area contributed by atoms with Gasteiger partial charge in [0.1, 0.15) is 6.26 Å². The first-order valence-corrected chi connectivity index (χ1v) is 4.44. The Balaban J connectivity index is 0.000000145. The molecule has 1 aromatic heterocycles. The zero-order valence-corrected chi connectivity index (χ0v) is 7.85. The lowest BCUT2D eigenvalue weighted by Crippen LogP contribution is -2.35. The van der Waals surface area contributed by atoms with Gasteiger partial charge in [0.25, 0.3) is 0 Å². The van der Waals surface area contributed by atoms with Crippen LogP contribution in [0.25, 0.3) is 0 Å². The van der Waals surface area contributed by atoms with Crippen LogP contribution in [0.4, 0.5) is 0 Å². The summed E-state index contributed by atoms with van der Waals surface area (Å²) in [5, 5.41) is 6.40. The normalized spacial score (nSPS) is 17.6. The number of aromatic nitrogens is 2. The monoisotopic (exact) mass is 185 g/mol. The van der Waals surface area contributed by atoms with E-state index in [0.717, 1.165) is 26.3 Å². The Morgan fingerprint density at radius 2 is 2.15 bits per heavy atom. The molecule has 0 unspecified atom stereocenters. The smallest absolute Gasteiger partial charge is 0.144 e. The van der Waals surface area contributed by atoms with Crippen molar-refractivity contribution in [3.8, 4) is 0 Å². The minimum atomic E-state index is 0.924. The average molecular weight is 185 g/mol. The number of rotatable bonds is 1. The molecule has 74 valence electrons. The van der Waals surface area contributed by atoms with Crippen LogP contribution in [-0.4, -0.2) is 48.1 Å². The number of likely N-dealkylation sites (N-methyl/N-ethyl adjacent to an activating group) is 1. The Hall–Kier alpha value is -0.940. The standard InChI is InChI=1S/C6H13NO.C2H2N2O/c1-2-7-3-5-8-6-4-7;1-2-5-4-3-1/h2-6H2,1H3;1-2H. The fourth-order valence-corrected chi connectivity index (χ4v) is 1.05. The Morgan fingerprint density at radius 3 is 2.46 bits per heavy atom. The maximum absolute atomic E-state index is 5.16. The van der Waals surface area contributed by atoms with Crippen molar-refractivity contribution in [3.63, 3.8) is 0 Å². The molecule has 2 rings (SSSR count). The van der Waals surface area contributed by atoms with Crippen LogP contribution in [0.3, 0.4) is 0 Å². The second-order valence-corrected chi connectivity index (χ2v) is 2.63. The summed E-state index contributed by atoms with van der Waals surface area (Å²) in [6, 6.07) is 0. The molecule has 5 heteroatoms. The van der Waals surface area contributed by atoms with Gasteiger partial charge in [-0.2, -0.15) is 0 Å². The maximum Gasteiger partial charge on any atom is 0.144 e. The molecular weight excluding hydrogens is 170 g/mol. The average Bonchev–Trinajstić information content (AvgIpc) is 2.77. The van der Waals surface area contributed by atoms with Crippen molar-refractivity contribution in [2.75, 3.05) is 32.8 Å². The van der Waals surface area contributed by atoms with Gasteiger partial charge in [0.2, 0.25) is 0 Å². The first-order chi connectivity index (χ1) is 6.43. The van der Waals surface area contributed by atoms with Crippen molar-refractivity contribution in [1.29, 1.82) is 0 Å². The first-order valence-electron chi connectivity index (χ1n) is 4.44. The van der Waals surface area contributed by atoms with Crippen LogP contribution in [-0.2, 0) is 4.74 Å². The van der Waals surface area contributed by atoms with Gasteiger partial charge in [-0.25, -0.2) is 0 Å². The van der Waals surface area contributed by atoms with E-state index < -0.39 is 0 Å². The van der Waals surface area contributed by atoms with Crippen LogP contribution in [0.5, 0.6) is 0 Å². The van der Waals surface area contributed by atoms with Crippen molar-refractivity contribution in [2.24, 2.45) is 0 Å². The van der Waals surface area contributed by atoms with Crippen LogP contribution >= 0.6 is 0 Å². The summed E-state index contributed by atoms with van der Waals surface area (Å²) in [5.41, 5.74) is 0. The van der Waals surface area contributed by atoms with Crippen LogP contribution in [0.15, 0.2) is 17.0 Å². The molecule has 0 radical (unpaired) electrons. The van der Waals surface area contributed by atoms with Gasteiger partial charge in [-0.05, 0) is 6.54 Å². The van der Waals surface area contributed by atoms with E-state index in [9.17, 15) is 0 Å². The SMILES string of the molecule is CCN1CCOCC1.c1conn1. The van der Waals surface area contributed by atoms with Crippen molar-refractivity contribution in [2.45, 2.75) is 6.92 Å². The minimum Gasteiger partial charge on any atom is -0.379 e. The highest BCUT2D eigenvalue weighted by molar-refractivity contribution is 4.57. The number of nitrogens with zero attached hydrogens (tertiary/aromatic N) is 3. The molecule has 0 saturated carbocycles. The maximum atomic E-state index is 5.16. The molecule has 0 amide bonds. The lowest BCUT2D eigenvalue weighted by molar-refractivity contribution is 0.0405. The third kappa shape index (κ3) is 4.59. The van der Waals surface area contributed by atoms with Gasteiger partial charge in [-0.15, -0.1) is 5.10 Å². The molecule has 13 heavy (non-hydrogen) atoms. The van der Waals surface area contributed by atoms with Crippen molar-refractivity contribution < 1.29 is 9.26 Å². The van der Waals surface area contributed by atoms with Gasteiger partial charge in [-0.1, -0.05) is 6.92 Å². The van der Waals surface area contributed by atoms with Gasteiger partial charge in [-0.3, -0.25) is 4.90 Å². The Kier molecular flexibility index (Phi) is 5.12. The highest BCUT2D eigenvalue weighted by atomic mass is 16.5. The zero-order valence-electron chi connectivity index (χ0n) is 7.85. The largest absolute Gasteiger partial charge is 0.379 e. The molecule has 0 bridgehead atoms. The number of ether oxygens (including phenoxy) is 1. The van der Waals surface area contributed by atoms with E-state index in [1.54, 1.807) is 0 Å². The fraction of sp³-hybridized carbons (Fsp3) is 0.750. The van der Waals surface area contributed by atoms with E-state index in [4.69, 9.17) is 4.74 Å². The second kappa shape index (κ2) is 6.56. The Morgan fingerprint density at radius 1 is 1.38 bits per heavy atom. The summed E-state index contributed by atoms with van der Waals surface area (Å²) in [5.74, 6) is 0. The molecule has 0 aromatic carbocycles. The molecule has 2 heterocycles. The van der Waals surface area contributed by atoms with Crippen LogP contribution in [0.2, 0.25) is 0 Å². The highest BCUT2D eigenvalue weighted by Crippen LogP contribution is 1.93. The van der Waals surface area contributed by atoms with E-state index in [1.165, 1.54) is 19.0 Å².